The number of piperidine rings is 1. The first-order chi connectivity index (χ1) is 7.27. The van der Waals surface area contributed by atoms with Crippen LogP contribution >= 0.6 is 0 Å². The normalized spacial score (nSPS) is 28.1. The highest BCUT2D eigenvalue weighted by atomic mass is 16.5. The predicted octanol–water partition coefficient (Wildman–Crippen LogP) is 2.14. The molecule has 0 bridgehead atoms. The molecular formula is C13H17NO. The molecule has 0 unspecified atom stereocenters. The molecule has 80 valence electrons. The minimum absolute atomic E-state index is 0.370. The Morgan fingerprint density at radius 1 is 1.33 bits per heavy atom. The van der Waals surface area contributed by atoms with Crippen molar-refractivity contribution in [1.29, 1.82) is 0 Å². The summed E-state index contributed by atoms with van der Waals surface area (Å²) in [5.74, 6) is 1.79. The van der Waals surface area contributed by atoms with Crippen LogP contribution in [0.15, 0.2) is 12.1 Å². The van der Waals surface area contributed by atoms with Crippen molar-refractivity contribution in [2.45, 2.75) is 32.3 Å². The van der Waals surface area contributed by atoms with Crippen LogP contribution in [0.1, 0.15) is 29.0 Å². The van der Waals surface area contributed by atoms with Crippen molar-refractivity contribution in [2.75, 3.05) is 13.1 Å². The van der Waals surface area contributed by atoms with E-state index in [0.717, 1.165) is 18.8 Å². The molecule has 0 aromatic heterocycles. The fourth-order valence-corrected chi connectivity index (χ4v) is 2.72. The van der Waals surface area contributed by atoms with E-state index in [2.05, 4.69) is 31.3 Å². The number of hydrogen-bond donors (Lipinski definition) is 1. The van der Waals surface area contributed by atoms with Gasteiger partial charge in [0.1, 0.15) is 11.9 Å². The molecule has 2 aliphatic heterocycles. The van der Waals surface area contributed by atoms with Gasteiger partial charge >= 0.3 is 0 Å². The number of benzene rings is 1. The standard InChI is InChI=1S/C13H17NO/c1-8-3-4-11-10-5-6-14-7-12(10)15-13(11)9(8)2/h3-4,10,12,14H,5-7H2,1-2H3/t10-,12-/m0/s1. The average Bonchev–Trinajstić information content (AvgIpc) is 2.63. The van der Waals surface area contributed by atoms with E-state index >= 15 is 0 Å². The van der Waals surface area contributed by atoms with Crippen molar-refractivity contribution >= 4 is 0 Å². The highest BCUT2D eigenvalue weighted by Gasteiger charge is 2.36. The van der Waals surface area contributed by atoms with Crippen LogP contribution in [0.2, 0.25) is 0 Å². The summed E-state index contributed by atoms with van der Waals surface area (Å²) in [5, 5.41) is 3.40. The maximum atomic E-state index is 6.06. The Bertz CT molecular complexity index is 400. The van der Waals surface area contributed by atoms with E-state index in [1.165, 1.54) is 23.1 Å². The second-order valence-electron chi connectivity index (χ2n) is 4.68. The van der Waals surface area contributed by atoms with Gasteiger partial charge in [-0.25, -0.2) is 0 Å². The molecule has 2 atom stereocenters. The molecule has 1 fully saturated rings. The minimum atomic E-state index is 0.370. The molecule has 2 nitrogen and oxygen atoms in total. The van der Waals surface area contributed by atoms with Crippen LogP contribution in [0.4, 0.5) is 0 Å². The molecule has 0 saturated carbocycles. The van der Waals surface area contributed by atoms with Gasteiger partial charge in [0.2, 0.25) is 0 Å². The van der Waals surface area contributed by atoms with Crippen molar-refractivity contribution in [3.63, 3.8) is 0 Å². The first kappa shape index (κ1) is 9.22. The van der Waals surface area contributed by atoms with Crippen LogP contribution in [-0.4, -0.2) is 19.2 Å². The van der Waals surface area contributed by atoms with Crippen LogP contribution < -0.4 is 10.1 Å². The quantitative estimate of drug-likeness (QED) is 0.697. The van der Waals surface area contributed by atoms with Crippen LogP contribution in [0, 0.1) is 13.8 Å². The number of hydrogen-bond acceptors (Lipinski definition) is 2. The maximum absolute atomic E-state index is 6.06. The van der Waals surface area contributed by atoms with Gasteiger partial charge < -0.3 is 10.1 Å². The SMILES string of the molecule is Cc1ccc2c(c1C)O[C@H]1CNCC[C@@H]21. The van der Waals surface area contributed by atoms with Gasteiger partial charge in [0.25, 0.3) is 0 Å². The summed E-state index contributed by atoms with van der Waals surface area (Å²) in [6, 6.07) is 4.48. The lowest BCUT2D eigenvalue weighted by Crippen LogP contribution is -2.39. The van der Waals surface area contributed by atoms with E-state index in [4.69, 9.17) is 4.74 Å². The Kier molecular flexibility index (Phi) is 1.99. The molecule has 0 aliphatic carbocycles. The molecule has 1 N–H and O–H groups in total. The smallest absolute Gasteiger partial charge is 0.126 e. The molecule has 3 rings (SSSR count). The summed E-state index contributed by atoms with van der Waals surface area (Å²) in [7, 11) is 0. The fourth-order valence-electron chi connectivity index (χ4n) is 2.72. The van der Waals surface area contributed by atoms with Crippen molar-refractivity contribution in [3.05, 3.63) is 28.8 Å². The summed E-state index contributed by atoms with van der Waals surface area (Å²) in [6.45, 7) is 6.44. The first-order valence-corrected chi connectivity index (χ1v) is 5.75. The van der Waals surface area contributed by atoms with Gasteiger partial charge in [-0.3, -0.25) is 0 Å². The van der Waals surface area contributed by atoms with E-state index in [9.17, 15) is 0 Å². The van der Waals surface area contributed by atoms with Gasteiger partial charge in [-0.05, 0) is 37.9 Å². The summed E-state index contributed by atoms with van der Waals surface area (Å²) in [6.07, 6.45) is 1.58. The Balaban J connectivity index is 2.07. The highest BCUT2D eigenvalue weighted by Crippen LogP contribution is 2.43. The van der Waals surface area contributed by atoms with Crippen molar-refractivity contribution in [2.24, 2.45) is 0 Å². The van der Waals surface area contributed by atoms with Gasteiger partial charge in [-0.1, -0.05) is 12.1 Å². The second kappa shape index (κ2) is 3.24. The summed E-state index contributed by atoms with van der Waals surface area (Å²) in [4.78, 5) is 0. The Labute approximate surface area is 90.6 Å². The average molecular weight is 203 g/mol. The summed E-state index contributed by atoms with van der Waals surface area (Å²) < 4.78 is 6.06. The van der Waals surface area contributed by atoms with Gasteiger partial charge in [0.15, 0.2) is 0 Å². The van der Waals surface area contributed by atoms with Crippen molar-refractivity contribution in [1.82, 2.24) is 5.32 Å². The molecule has 2 aliphatic rings. The number of aryl methyl sites for hydroxylation is 1. The number of rotatable bonds is 0. The van der Waals surface area contributed by atoms with Crippen molar-refractivity contribution in [3.8, 4) is 5.75 Å². The van der Waals surface area contributed by atoms with Gasteiger partial charge in [0, 0.05) is 18.0 Å². The Hall–Kier alpha value is -1.02. The van der Waals surface area contributed by atoms with Gasteiger partial charge in [-0.2, -0.15) is 0 Å². The zero-order chi connectivity index (χ0) is 10.4. The summed E-state index contributed by atoms with van der Waals surface area (Å²) in [5.41, 5.74) is 4.09. The van der Waals surface area contributed by atoms with Gasteiger partial charge in [0.05, 0.1) is 0 Å². The monoisotopic (exact) mass is 203 g/mol. The van der Waals surface area contributed by atoms with Crippen LogP contribution in [0.3, 0.4) is 0 Å². The third kappa shape index (κ3) is 1.28. The Morgan fingerprint density at radius 3 is 3.07 bits per heavy atom. The molecule has 0 spiro atoms. The third-order valence-electron chi connectivity index (χ3n) is 3.80. The number of ether oxygens (including phenoxy) is 1. The zero-order valence-electron chi connectivity index (χ0n) is 9.34. The molecule has 1 saturated heterocycles. The lowest BCUT2D eigenvalue weighted by Gasteiger charge is -2.24. The first-order valence-electron chi connectivity index (χ1n) is 5.75. The van der Waals surface area contributed by atoms with Crippen LogP contribution in [-0.2, 0) is 0 Å². The third-order valence-corrected chi connectivity index (χ3v) is 3.80. The fraction of sp³-hybridized carbons (Fsp3) is 0.538. The number of nitrogens with one attached hydrogen (secondary N) is 1. The second-order valence-corrected chi connectivity index (χ2v) is 4.68. The molecule has 15 heavy (non-hydrogen) atoms. The lowest BCUT2D eigenvalue weighted by atomic mass is 9.88. The largest absolute Gasteiger partial charge is 0.488 e. The van der Waals surface area contributed by atoms with E-state index in [-0.39, 0.29) is 0 Å². The predicted molar refractivity (Wildman–Crippen MR) is 60.6 cm³/mol. The molecule has 0 radical (unpaired) electrons. The summed E-state index contributed by atoms with van der Waals surface area (Å²) >= 11 is 0. The van der Waals surface area contributed by atoms with Crippen LogP contribution in [0.5, 0.6) is 5.75 Å². The van der Waals surface area contributed by atoms with Gasteiger partial charge in [-0.15, -0.1) is 0 Å². The molecule has 2 heterocycles. The maximum Gasteiger partial charge on any atom is 0.126 e. The molecule has 2 heteroatoms. The van der Waals surface area contributed by atoms with E-state index < -0.39 is 0 Å². The molecule has 1 aromatic rings. The van der Waals surface area contributed by atoms with E-state index in [0.29, 0.717) is 12.0 Å². The highest BCUT2D eigenvalue weighted by molar-refractivity contribution is 5.50. The topological polar surface area (TPSA) is 21.3 Å². The minimum Gasteiger partial charge on any atom is -0.488 e. The van der Waals surface area contributed by atoms with Crippen LogP contribution in [0.25, 0.3) is 0 Å². The molecular weight excluding hydrogens is 186 g/mol. The van der Waals surface area contributed by atoms with E-state index in [1.807, 2.05) is 0 Å². The Morgan fingerprint density at radius 2 is 2.20 bits per heavy atom. The molecule has 0 amide bonds. The zero-order valence-corrected chi connectivity index (χ0v) is 9.34. The van der Waals surface area contributed by atoms with E-state index in [1.54, 1.807) is 0 Å². The molecule has 1 aromatic carbocycles. The van der Waals surface area contributed by atoms with Crippen molar-refractivity contribution < 1.29 is 4.74 Å². The number of fused-ring (bicyclic) bond motifs is 3. The lowest BCUT2D eigenvalue weighted by molar-refractivity contribution is 0.176.